The van der Waals surface area contributed by atoms with Crippen molar-refractivity contribution in [2.24, 2.45) is 9.98 Å². The van der Waals surface area contributed by atoms with Crippen LogP contribution in [0.3, 0.4) is 0 Å². The van der Waals surface area contributed by atoms with Gasteiger partial charge in [-0.05, 0) is 69.1 Å². The molecule has 0 amide bonds. The fourth-order valence-corrected chi connectivity index (χ4v) is 10.3. The first-order valence-corrected chi connectivity index (χ1v) is 20.2. The summed E-state index contributed by atoms with van der Waals surface area (Å²) in [5.41, 5.74) is 10.6. The summed E-state index contributed by atoms with van der Waals surface area (Å²) >= 11 is 0. The highest BCUT2D eigenvalue weighted by molar-refractivity contribution is 6.20. The van der Waals surface area contributed by atoms with Gasteiger partial charge in [-0.25, -0.2) is 9.98 Å². The van der Waals surface area contributed by atoms with E-state index < -0.39 is 11.6 Å². The lowest BCUT2D eigenvalue weighted by atomic mass is 9.61. The van der Waals surface area contributed by atoms with E-state index in [0.29, 0.717) is 0 Å². The lowest BCUT2D eigenvalue weighted by Crippen LogP contribution is -2.39. The number of hydrogen-bond donors (Lipinski definition) is 1. The van der Waals surface area contributed by atoms with Crippen molar-refractivity contribution in [2.75, 3.05) is 0 Å². The number of nitrogens with zero attached hydrogens (tertiary/aromatic N) is 3. The summed E-state index contributed by atoms with van der Waals surface area (Å²) in [6, 6.07) is 69.5. The van der Waals surface area contributed by atoms with E-state index in [9.17, 15) is 0 Å². The molecule has 276 valence electrons. The maximum Gasteiger partial charge on any atom is 0.170 e. The molecule has 0 saturated heterocycles. The maximum absolute atomic E-state index is 6.89. The van der Waals surface area contributed by atoms with Gasteiger partial charge in [0.15, 0.2) is 6.17 Å². The van der Waals surface area contributed by atoms with Crippen molar-refractivity contribution in [3.05, 3.63) is 233 Å². The average Bonchev–Trinajstić information content (AvgIpc) is 3.65. The second-order valence-corrected chi connectivity index (χ2v) is 15.7. The molecule has 59 heavy (non-hydrogen) atoms. The van der Waals surface area contributed by atoms with Crippen molar-refractivity contribution in [3.8, 4) is 17.2 Å². The molecular weight excluding hydrogens is 721 g/mol. The molecule has 10 aromatic rings. The molecule has 9 aromatic carbocycles. The largest absolute Gasteiger partial charge is 0.457 e. The predicted molar refractivity (Wildman–Crippen MR) is 240 cm³/mol. The van der Waals surface area contributed by atoms with Gasteiger partial charge in [0.05, 0.1) is 22.1 Å². The normalized spacial score (nSPS) is 17.5. The number of aliphatic imine (C=N–C) groups is 2. The number of hydrogen-bond acceptors (Lipinski definition) is 4. The Morgan fingerprint density at radius 3 is 2.00 bits per heavy atom. The number of aromatic nitrogens is 1. The Morgan fingerprint density at radius 2 is 1.10 bits per heavy atom. The van der Waals surface area contributed by atoms with E-state index in [0.717, 1.165) is 72.5 Å². The fraction of sp³-hybridized carbons (Fsp3) is 0.0370. The van der Waals surface area contributed by atoms with Crippen LogP contribution in [-0.4, -0.2) is 16.2 Å². The molecule has 3 aliphatic heterocycles. The van der Waals surface area contributed by atoms with Crippen molar-refractivity contribution in [1.29, 1.82) is 0 Å². The van der Waals surface area contributed by atoms with Gasteiger partial charge in [-0.2, -0.15) is 0 Å². The quantitative estimate of drug-likeness (QED) is 0.195. The Labute approximate surface area is 340 Å². The van der Waals surface area contributed by atoms with Crippen LogP contribution in [0.15, 0.2) is 204 Å². The Hall–Kier alpha value is -7.76. The van der Waals surface area contributed by atoms with E-state index in [1.165, 1.54) is 38.6 Å². The summed E-state index contributed by atoms with van der Waals surface area (Å²) in [5.74, 6) is 3.23. The third-order valence-electron chi connectivity index (χ3n) is 12.7. The van der Waals surface area contributed by atoms with Gasteiger partial charge in [-0.3, -0.25) is 0 Å². The van der Waals surface area contributed by atoms with Gasteiger partial charge in [0.1, 0.15) is 23.2 Å². The van der Waals surface area contributed by atoms with E-state index in [1.807, 2.05) is 0 Å². The molecule has 0 aliphatic carbocycles. The highest BCUT2D eigenvalue weighted by Crippen LogP contribution is 2.60. The third-order valence-corrected chi connectivity index (χ3v) is 12.7. The van der Waals surface area contributed by atoms with Crippen LogP contribution in [0.1, 0.15) is 45.1 Å². The van der Waals surface area contributed by atoms with E-state index in [4.69, 9.17) is 14.7 Å². The summed E-state index contributed by atoms with van der Waals surface area (Å²) in [6.45, 7) is 0. The Kier molecular flexibility index (Phi) is 6.64. The Balaban J connectivity index is 1.08. The molecule has 0 bridgehead atoms. The molecule has 0 radical (unpaired) electrons. The lowest BCUT2D eigenvalue weighted by Gasteiger charge is -2.45. The molecule has 3 aliphatic rings. The summed E-state index contributed by atoms with van der Waals surface area (Å²) in [6.07, 6.45) is -0.479. The molecule has 1 spiro atoms. The van der Waals surface area contributed by atoms with Crippen LogP contribution in [0.2, 0.25) is 0 Å². The second-order valence-electron chi connectivity index (χ2n) is 15.7. The van der Waals surface area contributed by atoms with Crippen LogP contribution >= 0.6 is 0 Å². The molecule has 1 N–H and O–H groups in total. The first-order valence-electron chi connectivity index (χ1n) is 20.2. The second kappa shape index (κ2) is 12.1. The van der Waals surface area contributed by atoms with Crippen LogP contribution in [0.5, 0.6) is 11.5 Å². The standard InChI is InChI=1S/C54H34N4O/c1-3-18-36-33(14-1)16-11-22-40(36)52-55-51(56-53(57-52)41-23-12-17-34-15-2-4-19-37(34)41)35-30-31-49-45(32-35)54(43-25-7-10-29-48(43)59-49)42-24-6-9-28-47(42)58-46-27-8-5-20-38(46)39-21-13-26-44(54)50(39)58/h1-32,52H,(H,55,56,57). The molecule has 4 heterocycles. The lowest BCUT2D eigenvalue weighted by molar-refractivity contribution is 0.434. The van der Waals surface area contributed by atoms with Crippen molar-refractivity contribution < 1.29 is 4.74 Å². The van der Waals surface area contributed by atoms with Crippen LogP contribution in [-0.2, 0) is 5.41 Å². The minimum absolute atomic E-state index is 0.479. The van der Waals surface area contributed by atoms with Gasteiger partial charge >= 0.3 is 0 Å². The fourth-order valence-electron chi connectivity index (χ4n) is 10.3. The molecule has 1 aromatic heterocycles. The topological polar surface area (TPSA) is 50.9 Å². The van der Waals surface area contributed by atoms with Gasteiger partial charge in [-0.15, -0.1) is 0 Å². The smallest absolute Gasteiger partial charge is 0.170 e. The average molecular weight is 755 g/mol. The van der Waals surface area contributed by atoms with Crippen LogP contribution in [0.4, 0.5) is 0 Å². The van der Waals surface area contributed by atoms with E-state index in [1.54, 1.807) is 0 Å². The molecule has 2 unspecified atom stereocenters. The van der Waals surface area contributed by atoms with Crippen LogP contribution < -0.4 is 10.1 Å². The van der Waals surface area contributed by atoms with Crippen molar-refractivity contribution >= 4 is 55.0 Å². The van der Waals surface area contributed by atoms with Gasteiger partial charge in [-0.1, -0.05) is 158 Å². The number of rotatable bonds is 3. The van der Waals surface area contributed by atoms with Crippen molar-refractivity contribution in [1.82, 2.24) is 9.88 Å². The Morgan fingerprint density at radius 1 is 0.475 bits per heavy atom. The SMILES string of the molecule is c1ccc2c(c1)Oc1ccc(C3=NC(c4cccc5ccccc45)N=C(c4cccc5ccccc45)N3)cc1C21c2ccccc2-n2c3ccccc3c3cccc1c32. The zero-order valence-electron chi connectivity index (χ0n) is 31.8. The molecule has 0 fully saturated rings. The number of nitrogens with one attached hydrogen (secondary N) is 1. The number of benzene rings is 9. The number of fused-ring (bicyclic) bond motifs is 13. The van der Waals surface area contributed by atoms with Crippen molar-refractivity contribution in [2.45, 2.75) is 11.6 Å². The highest BCUT2D eigenvalue weighted by Gasteiger charge is 2.50. The maximum atomic E-state index is 6.89. The molecule has 13 rings (SSSR count). The van der Waals surface area contributed by atoms with Gasteiger partial charge in [0, 0.05) is 38.6 Å². The third kappa shape index (κ3) is 4.44. The summed E-state index contributed by atoms with van der Waals surface area (Å²) in [5, 5.41) is 10.9. The molecular formula is C54H34N4O. The van der Waals surface area contributed by atoms with Gasteiger partial charge < -0.3 is 14.6 Å². The zero-order chi connectivity index (χ0) is 38.7. The minimum atomic E-state index is -0.697. The van der Waals surface area contributed by atoms with E-state index in [2.05, 4.69) is 204 Å². The van der Waals surface area contributed by atoms with Crippen molar-refractivity contribution in [3.63, 3.8) is 0 Å². The zero-order valence-corrected chi connectivity index (χ0v) is 31.8. The van der Waals surface area contributed by atoms with Gasteiger partial charge in [0.2, 0.25) is 0 Å². The summed E-state index contributed by atoms with van der Waals surface area (Å²) < 4.78 is 9.36. The first kappa shape index (κ1) is 32.3. The molecule has 5 heteroatoms. The monoisotopic (exact) mass is 754 g/mol. The first-order chi connectivity index (χ1) is 29.3. The molecule has 5 nitrogen and oxygen atoms in total. The van der Waals surface area contributed by atoms with E-state index >= 15 is 0 Å². The highest BCUT2D eigenvalue weighted by atomic mass is 16.5. The Bertz CT molecular complexity index is 3470. The summed E-state index contributed by atoms with van der Waals surface area (Å²) in [4.78, 5) is 10.9. The van der Waals surface area contributed by atoms with Gasteiger partial charge in [0.25, 0.3) is 0 Å². The summed E-state index contributed by atoms with van der Waals surface area (Å²) in [7, 11) is 0. The predicted octanol–water partition coefficient (Wildman–Crippen LogP) is 12.4. The number of para-hydroxylation sites is 4. The van der Waals surface area contributed by atoms with Crippen LogP contribution in [0, 0.1) is 0 Å². The van der Waals surface area contributed by atoms with Crippen LogP contribution in [0.25, 0.3) is 49.0 Å². The number of ether oxygens (including phenoxy) is 1. The minimum Gasteiger partial charge on any atom is -0.457 e. The molecule has 2 atom stereocenters. The molecule has 0 saturated carbocycles. The number of amidine groups is 2. The van der Waals surface area contributed by atoms with E-state index in [-0.39, 0.29) is 0 Å².